The van der Waals surface area contributed by atoms with E-state index in [2.05, 4.69) is 0 Å². The predicted molar refractivity (Wildman–Crippen MR) is 97.0 cm³/mol. The minimum atomic E-state index is -0.713. The number of carbonyl (C=O) groups is 1. The molecule has 0 amide bonds. The van der Waals surface area contributed by atoms with Crippen molar-refractivity contribution in [3.63, 3.8) is 0 Å². The first-order valence-electron chi connectivity index (χ1n) is 8.06. The molecular weight excluding hydrogens is 336 g/mol. The molecule has 1 heterocycles. The average molecular weight is 354 g/mol. The standard InChI is InChI=1S/C20H18O6/c1-4-25-20(22)19-17(13-7-5-6-8-15(13)24-3)18(21)14-10-9-12(23-2)11-16(14)26-19/h5-11H,4H2,1-3H3. The number of ether oxygens (including phenoxy) is 3. The Balaban J connectivity index is 2.39. The van der Waals surface area contributed by atoms with Crippen LogP contribution < -0.4 is 14.9 Å². The van der Waals surface area contributed by atoms with Crippen LogP contribution in [0.5, 0.6) is 11.5 Å². The van der Waals surface area contributed by atoms with Gasteiger partial charge in [0.1, 0.15) is 17.1 Å². The van der Waals surface area contributed by atoms with Gasteiger partial charge < -0.3 is 18.6 Å². The summed E-state index contributed by atoms with van der Waals surface area (Å²) in [5.74, 6) is 0.0936. The minimum absolute atomic E-state index is 0.110. The van der Waals surface area contributed by atoms with Crippen LogP contribution in [0.3, 0.4) is 0 Å². The van der Waals surface area contributed by atoms with Crippen LogP contribution in [0.15, 0.2) is 51.7 Å². The molecule has 0 fully saturated rings. The van der Waals surface area contributed by atoms with Gasteiger partial charge >= 0.3 is 5.97 Å². The summed E-state index contributed by atoms with van der Waals surface area (Å²) in [5, 5.41) is 0.333. The zero-order valence-corrected chi connectivity index (χ0v) is 14.7. The van der Waals surface area contributed by atoms with Crippen LogP contribution >= 0.6 is 0 Å². The fourth-order valence-electron chi connectivity index (χ4n) is 2.74. The zero-order chi connectivity index (χ0) is 18.7. The van der Waals surface area contributed by atoms with Crippen molar-refractivity contribution >= 4 is 16.9 Å². The number of esters is 1. The number of fused-ring (bicyclic) bond motifs is 1. The number of para-hydroxylation sites is 1. The molecule has 0 unspecified atom stereocenters. The van der Waals surface area contributed by atoms with E-state index in [9.17, 15) is 9.59 Å². The van der Waals surface area contributed by atoms with E-state index in [0.29, 0.717) is 22.4 Å². The molecule has 0 aliphatic rings. The molecule has 0 radical (unpaired) electrons. The Bertz CT molecular complexity index is 1020. The summed E-state index contributed by atoms with van der Waals surface area (Å²) in [5.41, 5.74) is 0.473. The van der Waals surface area contributed by atoms with Crippen LogP contribution in [0.2, 0.25) is 0 Å². The highest BCUT2D eigenvalue weighted by atomic mass is 16.5. The molecule has 3 aromatic rings. The van der Waals surface area contributed by atoms with Gasteiger partial charge in [-0.15, -0.1) is 0 Å². The minimum Gasteiger partial charge on any atom is -0.497 e. The lowest BCUT2D eigenvalue weighted by Crippen LogP contribution is -2.15. The van der Waals surface area contributed by atoms with Crippen molar-refractivity contribution < 1.29 is 23.4 Å². The van der Waals surface area contributed by atoms with E-state index in [-0.39, 0.29) is 28.9 Å². The van der Waals surface area contributed by atoms with E-state index >= 15 is 0 Å². The lowest BCUT2D eigenvalue weighted by Gasteiger charge is -2.12. The fraction of sp³-hybridized carbons (Fsp3) is 0.200. The van der Waals surface area contributed by atoms with Gasteiger partial charge in [0.05, 0.1) is 31.8 Å². The maximum atomic E-state index is 13.2. The second kappa shape index (κ2) is 7.31. The summed E-state index contributed by atoms with van der Waals surface area (Å²) in [6.45, 7) is 1.84. The maximum Gasteiger partial charge on any atom is 0.375 e. The molecule has 6 nitrogen and oxygen atoms in total. The van der Waals surface area contributed by atoms with Gasteiger partial charge in [-0.3, -0.25) is 4.79 Å². The zero-order valence-electron chi connectivity index (χ0n) is 14.7. The van der Waals surface area contributed by atoms with E-state index < -0.39 is 5.97 Å². The Labute approximate surface area is 149 Å². The third-order valence-electron chi connectivity index (χ3n) is 3.94. The molecule has 6 heteroatoms. The van der Waals surface area contributed by atoms with Crippen LogP contribution in [-0.2, 0) is 4.74 Å². The number of rotatable bonds is 5. The van der Waals surface area contributed by atoms with Gasteiger partial charge in [0.2, 0.25) is 11.2 Å². The monoisotopic (exact) mass is 354 g/mol. The highest BCUT2D eigenvalue weighted by Crippen LogP contribution is 2.32. The summed E-state index contributed by atoms with van der Waals surface area (Å²) < 4.78 is 21.4. The van der Waals surface area contributed by atoms with Gasteiger partial charge in [-0.25, -0.2) is 4.79 Å². The van der Waals surface area contributed by atoms with Crippen molar-refractivity contribution in [2.75, 3.05) is 20.8 Å². The Morgan fingerprint density at radius 1 is 1.08 bits per heavy atom. The Morgan fingerprint density at radius 2 is 1.85 bits per heavy atom. The summed E-state index contributed by atoms with van der Waals surface area (Å²) >= 11 is 0. The van der Waals surface area contributed by atoms with Crippen LogP contribution in [0, 0.1) is 0 Å². The van der Waals surface area contributed by atoms with Gasteiger partial charge in [0.25, 0.3) is 0 Å². The molecule has 0 spiro atoms. The molecular formula is C20H18O6. The van der Waals surface area contributed by atoms with E-state index in [4.69, 9.17) is 18.6 Å². The van der Waals surface area contributed by atoms with E-state index in [1.807, 2.05) is 0 Å². The first-order valence-corrected chi connectivity index (χ1v) is 8.06. The molecule has 0 aliphatic carbocycles. The van der Waals surface area contributed by atoms with Crippen molar-refractivity contribution in [2.24, 2.45) is 0 Å². The Kier molecular flexibility index (Phi) is 4.93. The number of carbonyl (C=O) groups excluding carboxylic acids is 1. The third-order valence-corrected chi connectivity index (χ3v) is 3.94. The predicted octanol–water partition coefficient (Wildman–Crippen LogP) is 3.65. The van der Waals surface area contributed by atoms with E-state index in [1.165, 1.54) is 14.2 Å². The first-order chi connectivity index (χ1) is 12.6. The van der Waals surface area contributed by atoms with Crippen LogP contribution in [0.4, 0.5) is 0 Å². The molecule has 134 valence electrons. The van der Waals surface area contributed by atoms with Gasteiger partial charge in [-0.05, 0) is 25.1 Å². The molecule has 26 heavy (non-hydrogen) atoms. The fourth-order valence-corrected chi connectivity index (χ4v) is 2.74. The van der Waals surface area contributed by atoms with Gasteiger partial charge in [0, 0.05) is 11.6 Å². The smallest absolute Gasteiger partial charge is 0.375 e. The lowest BCUT2D eigenvalue weighted by atomic mass is 10.0. The summed E-state index contributed by atoms with van der Waals surface area (Å²) in [6.07, 6.45) is 0. The van der Waals surface area contributed by atoms with Crippen molar-refractivity contribution in [1.82, 2.24) is 0 Å². The molecule has 0 aliphatic heterocycles. The van der Waals surface area contributed by atoms with Crippen molar-refractivity contribution in [1.29, 1.82) is 0 Å². The second-order valence-corrected chi connectivity index (χ2v) is 5.42. The number of benzene rings is 2. The number of hydrogen-bond acceptors (Lipinski definition) is 6. The SMILES string of the molecule is CCOC(=O)c1oc2cc(OC)ccc2c(=O)c1-c1ccccc1OC. The second-order valence-electron chi connectivity index (χ2n) is 5.42. The molecule has 0 bridgehead atoms. The van der Waals surface area contributed by atoms with Gasteiger partial charge in [0.15, 0.2) is 0 Å². The largest absolute Gasteiger partial charge is 0.497 e. The van der Waals surface area contributed by atoms with Crippen LogP contribution in [-0.4, -0.2) is 26.8 Å². The number of hydrogen-bond donors (Lipinski definition) is 0. The average Bonchev–Trinajstić information content (AvgIpc) is 2.67. The molecule has 2 aromatic carbocycles. The summed E-state index contributed by atoms with van der Waals surface area (Å²) in [6, 6.07) is 11.8. The van der Waals surface area contributed by atoms with E-state index in [1.54, 1.807) is 49.4 Å². The number of methoxy groups -OCH3 is 2. The van der Waals surface area contributed by atoms with Gasteiger partial charge in [-0.2, -0.15) is 0 Å². The molecule has 1 aromatic heterocycles. The van der Waals surface area contributed by atoms with Gasteiger partial charge in [-0.1, -0.05) is 18.2 Å². The molecule has 0 saturated heterocycles. The van der Waals surface area contributed by atoms with Crippen LogP contribution in [0.1, 0.15) is 17.5 Å². The molecule has 3 rings (SSSR count). The molecule has 0 saturated carbocycles. The maximum absolute atomic E-state index is 13.2. The normalized spacial score (nSPS) is 10.6. The molecule has 0 N–H and O–H groups in total. The highest BCUT2D eigenvalue weighted by Gasteiger charge is 2.25. The summed E-state index contributed by atoms with van der Waals surface area (Å²) in [7, 11) is 3.01. The Hall–Kier alpha value is -3.28. The van der Waals surface area contributed by atoms with E-state index in [0.717, 1.165) is 0 Å². The van der Waals surface area contributed by atoms with Crippen LogP contribution in [0.25, 0.3) is 22.1 Å². The lowest BCUT2D eigenvalue weighted by molar-refractivity contribution is 0.0492. The topological polar surface area (TPSA) is 75.0 Å². The Morgan fingerprint density at radius 3 is 2.54 bits per heavy atom. The van der Waals surface area contributed by atoms with Crippen molar-refractivity contribution in [3.8, 4) is 22.6 Å². The molecule has 0 atom stereocenters. The quantitative estimate of drug-likeness (QED) is 0.651. The first kappa shape index (κ1) is 17.5. The van der Waals surface area contributed by atoms with Crippen molar-refractivity contribution in [2.45, 2.75) is 6.92 Å². The van der Waals surface area contributed by atoms with Crippen molar-refractivity contribution in [3.05, 3.63) is 58.4 Å². The summed E-state index contributed by atoms with van der Waals surface area (Å²) in [4.78, 5) is 25.6. The third kappa shape index (κ3) is 3.01. The highest BCUT2D eigenvalue weighted by molar-refractivity contribution is 5.98.